The Morgan fingerprint density at radius 3 is 2.03 bits per heavy atom. The Hall–Kier alpha value is -1.86. The molecule has 1 aliphatic rings. The van der Waals surface area contributed by atoms with E-state index in [1.165, 1.54) is 0 Å². The quantitative estimate of drug-likeness (QED) is 0.462. The van der Waals surface area contributed by atoms with E-state index in [1.54, 1.807) is 24.3 Å². The highest BCUT2D eigenvalue weighted by Gasteiger charge is 2.60. The monoisotopic (exact) mass is 429 g/mol. The molecule has 0 amide bonds. The van der Waals surface area contributed by atoms with Crippen LogP contribution in [0.1, 0.15) is 5.56 Å². The number of hydrogen-bond acceptors (Lipinski definition) is 4. The zero-order valence-corrected chi connectivity index (χ0v) is 17.3. The van der Waals surface area contributed by atoms with E-state index in [9.17, 15) is 0 Å². The van der Waals surface area contributed by atoms with E-state index in [1.807, 2.05) is 66.7 Å². The smallest absolute Gasteiger partial charge is 0.343 e. The minimum atomic E-state index is -3.19. The van der Waals surface area contributed by atoms with Crippen molar-refractivity contribution in [1.82, 2.24) is 5.32 Å². The molecule has 29 heavy (non-hydrogen) atoms. The summed E-state index contributed by atoms with van der Waals surface area (Å²) in [6.07, 6.45) is 0.629. The van der Waals surface area contributed by atoms with Crippen LogP contribution in [0.2, 0.25) is 0 Å². The molecule has 0 saturated carbocycles. The number of rotatable bonds is 7. The normalized spacial score (nSPS) is 21.9. The van der Waals surface area contributed by atoms with Gasteiger partial charge in [-0.3, -0.25) is 5.32 Å². The predicted molar refractivity (Wildman–Crippen MR) is 115 cm³/mol. The average molecular weight is 430 g/mol. The molecule has 3 aromatic rings. The second-order valence-electron chi connectivity index (χ2n) is 6.81. The van der Waals surface area contributed by atoms with Crippen LogP contribution in [0.5, 0.6) is 0 Å². The first-order valence-electron chi connectivity index (χ1n) is 9.38. The number of thioether (sulfide) groups is 2. The third kappa shape index (κ3) is 4.83. The number of halogens is 2. The van der Waals surface area contributed by atoms with E-state index in [0.29, 0.717) is 23.1 Å². The Morgan fingerprint density at radius 2 is 1.41 bits per heavy atom. The van der Waals surface area contributed by atoms with E-state index in [0.717, 1.165) is 22.2 Å². The number of nitrogens with one attached hydrogen (secondary N) is 1. The van der Waals surface area contributed by atoms with Gasteiger partial charge in [-0.05, 0) is 48.0 Å². The van der Waals surface area contributed by atoms with Crippen LogP contribution in [0.3, 0.4) is 0 Å². The lowest BCUT2D eigenvalue weighted by Gasteiger charge is -2.35. The molecular formula is C23H21F2NOS2. The van der Waals surface area contributed by atoms with Crippen LogP contribution in [-0.2, 0) is 11.2 Å². The van der Waals surface area contributed by atoms with Gasteiger partial charge in [-0.2, -0.15) is 8.78 Å². The first kappa shape index (κ1) is 20.4. The third-order valence-corrected chi connectivity index (χ3v) is 7.05. The molecule has 3 aromatic carbocycles. The first-order chi connectivity index (χ1) is 14.1. The molecule has 0 spiro atoms. The van der Waals surface area contributed by atoms with Crippen molar-refractivity contribution in [1.29, 1.82) is 0 Å². The van der Waals surface area contributed by atoms with Gasteiger partial charge in [0.05, 0.1) is 6.61 Å². The SMILES string of the molecule is FC(F)(Sc1ccccc1)C1(Sc2ccccc2)N[C@@H](Cc2ccccc2)CO1. The molecule has 1 unspecified atom stereocenters. The molecule has 0 radical (unpaired) electrons. The fourth-order valence-corrected chi connectivity index (χ4v) is 5.41. The zero-order valence-electron chi connectivity index (χ0n) is 15.6. The van der Waals surface area contributed by atoms with Gasteiger partial charge in [-0.25, -0.2) is 0 Å². The summed E-state index contributed by atoms with van der Waals surface area (Å²) < 4.78 is 37.1. The fraction of sp³-hybridized carbons (Fsp3) is 0.217. The Labute approximate surface area is 178 Å². The van der Waals surface area contributed by atoms with Crippen molar-refractivity contribution < 1.29 is 13.5 Å². The molecule has 2 atom stereocenters. The van der Waals surface area contributed by atoms with Crippen LogP contribution in [-0.4, -0.2) is 23.0 Å². The molecule has 150 valence electrons. The molecule has 1 N–H and O–H groups in total. The number of alkyl halides is 2. The van der Waals surface area contributed by atoms with E-state index in [-0.39, 0.29) is 12.6 Å². The van der Waals surface area contributed by atoms with Gasteiger partial charge < -0.3 is 4.74 Å². The molecule has 0 aliphatic carbocycles. The minimum absolute atomic E-state index is 0.198. The van der Waals surface area contributed by atoms with Crippen LogP contribution in [0, 0.1) is 0 Å². The van der Waals surface area contributed by atoms with Gasteiger partial charge in [0.25, 0.3) is 0 Å². The molecule has 1 saturated heterocycles. The maximum atomic E-state index is 15.6. The van der Waals surface area contributed by atoms with Gasteiger partial charge in [0.2, 0.25) is 5.06 Å². The summed E-state index contributed by atoms with van der Waals surface area (Å²) >= 11 is 1.56. The molecular weight excluding hydrogens is 408 g/mol. The summed E-state index contributed by atoms with van der Waals surface area (Å²) in [6, 6.07) is 27.6. The van der Waals surface area contributed by atoms with Crippen molar-refractivity contribution in [2.24, 2.45) is 0 Å². The van der Waals surface area contributed by atoms with Crippen LogP contribution in [0.25, 0.3) is 0 Å². The summed E-state index contributed by atoms with van der Waals surface area (Å²) in [5, 5.41) is -1.92. The topological polar surface area (TPSA) is 21.3 Å². The Kier molecular flexibility index (Phi) is 6.25. The summed E-state index contributed by atoms with van der Waals surface area (Å²) in [6.45, 7) is 0.222. The molecule has 6 heteroatoms. The van der Waals surface area contributed by atoms with Crippen molar-refractivity contribution in [3.05, 3.63) is 96.6 Å². The lowest BCUT2D eigenvalue weighted by Crippen LogP contribution is -2.53. The van der Waals surface area contributed by atoms with Crippen molar-refractivity contribution in [3.63, 3.8) is 0 Å². The fourth-order valence-electron chi connectivity index (χ4n) is 3.22. The maximum absolute atomic E-state index is 15.6. The number of hydrogen-bond donors (Lipinski definition) is 1. The van der Waals surface area contributed by atoms with E-state index >= 15 is 8.78 Å². The number of benzene rings is 3. The van der Waals surface area contributed by atoms with E-state index in [2.05, 4.69) is 5.32 Å². The van der Waals surface area contributed by atoms with E-state index in [4.69, 9.17) is 4.74 Å². The molecule has 1 fully saturated rings. The molecule has 1 aliphatic heterocycles. The van der Waals surface area contributed by atoms with Crippen molar-refractivity contribution in [3.8, 4) is 0 Å². The van der Waals surface area contributed by atoms with Gasteiger partial charge in [-0.1, -0.05) is 78.5 Å². The maximum Gasteiger partial charge on any atom is 0.350 e. The first-order valence-corrected chi connectivity index (χ1v) is 11.0. The molecule has 0 bridgehead atoms. The Bertz CT molecular complexity index is 912. The van der Waals surface area contributed by atoms with Crippen LogP contribution in [0.15, 0.2) is 101 Å². The predicted octanol–water partition coefficient (Wildman–Crippen LogP) is 6.05. The molecule has 1 heterocycles. The van der Waals surface area contributed by atoms with Crippen molar-refractivity contribution in [2.45, 2.75) is 32.6 Å². The van der Waals surface area contributed by atoms with Gasteiger partial charge in [0, 0.05) is 15.8 Å². The lowest BCUT2D eigenvalue weighted by molar-refractivity contribution is -0.0815. The lowest BCUT2D eigenvalue weighted by atomic mass is 10.1. The Morgan fingerprint density at radius 1 is 0.862 bits per heavy atom. The van der Waals surface area contributed by atoms with Crippen molar-refractivity contribution >= 4 is 23.5 Å². The van der Waals surface area contributed by atoms with Gasteiger partial charge in [0.15, 0.2) is 0 Å². The summed E-state index contributed by atoms with van der Waals surface area (Å²) in [7, 11) is 0. The van der Waals surface area contributed by atoms with Gasteiger partial charge in [-0.15, -0.1) is 0 Å². The largest absolute Gasteiger partial charge is 0.350 e. The third-order valence-electron chi connectivity index (χ3n) is 4.58. The van der Waals surface area contributed by atoms with Crippen LogP contribution < -0.4 is 5.32 Å². The van der Waals surface area contributed by atoms with Crippen LogP contribution >= 0.6 is 23.5 Å². The summed E-state index contributed by atoms with van der Waals surface area (Å²) in [4.78, 5) is 1.23. The zero-order chi connectivity index (χ0) is 20.2. The average Bonchev–Trinajstić information content (AvgIpc) is 3.14. The van der Waals surface area contributed by atoms with Gasteiger partial charge >= 0.3 is 5.25 Å². The van der Waals surface area contributed by atoms with Gasteiger partial charge in [0.1, 0.15) is 0 Å². The standard InChI is InChI=1S/C23H21F2NOS2/c24-22(25,28-20-12-6-2-7-13-20)23(29-21-14-8-3-9-15-21)26-19(17-27-23)16-18-10-4-1-5-11-18/h1-15,19,26H,16-17H2/t19-,23?/m0/s1. The second kappa shape index (κ2) is 8.88. The van der Waals surface area contributed by atoms with Crippen LogP contribution in [0.4, 0.5) is 8.78 Å². The molecule has 4 rings (SSSR count). The second-order valence-corrected chi connectivity index (χ2v) is 9.24. The summed E-state index contributed by atoms with van der Waals surface area (Å²) in [5.41, 5.74) is 1.09. The van der Waals surface area contributed by atoms with Crippen molar-refractivity contribution in [2.75, 3.05) is 6.61 Å². The molecule has 2 nitrogen and oxygen atoms in total. The summed E-state index contributed by atoms with van der Waals surface area (Å²) in [5.74, 6) is 0. The molecule has 0 aromatic heterocycles. The highest BCUT2D eigenvalue weighted by molar-refractivity contribution is 8.04. The highest BCUT2D eigenvalue weighted by Crippen LogP contribution is 2.53. The highest BCUT2D eigenvalue weighted by atomic mass is 32.2. The Balaban J connectivity index is 1.59. The minimum Gasteiger partial charge on any atom is -0.343 e. The number of ether oxygens (including phenoxy) is 1. The van der Waals surface area contributed by atoms with E-state index < -0.39 is 10.3 Å².